The molecule has 5 nitrogen and oxygen atoms in total. The Hall–Kier alpha value is -0.170. The molecule has 0 aromatic carbocycles. The van der Waals surface area contributed by atoms with Gasteiger partial charge in [0.1, 0.15) is 0 Å². The van der Waals surface area contributed by atoms with Crippen molar-refractivity contribution >= 4 is 10.2 Å². The highest BCUT2D eigenvalue weighted by Gasteiger charge is 2.26. The quantitative estimate of drug-likeness (QED) is 0.709. The Bertz CT molecular complexity index is 332. The maximum Gasteiger partial charge on any atom is 0.279 e. The summed E-state index contributed by atoms with van der Waals surface area (Å²) in [5, 5.41) is 8.98. The van der Waals surface area contributed by atoms with Crippen LogP contribution in [0.5, 0.6) is 0 Å². The van der Waals surface area contributed by atoms with Crippen molar-refractivity contribution in [3.05, 3.63) is 0 Å². The number of hydrogen-bond acceptors (Lipinski definition) is 3. The van der Waals surface area contributed by atoms with E-state index in [9.17, 15) is 8.42 Å². The van der Waals surface area contributed by atoms with Crippen LogP contribution < -0.4 is 4.72 Å². The second kappa shape index (κ2) is 8.19. The Kier molecular flexibility index (Phi) is 7.28. The fourth-order valence-corrected chi connectivity index (χ4v) is 3.80. The molecule has 0 aromatic rings. The summed E-state index contributed by atoms with van der Waals surface area (Å²) in [6.45, 7) is 6.03. The van der Waals surface area contributed by atoms with Crippen molar-refractivity contribution in [3.63, 3.8) is 0 Å². The summed E-state index contributed by atoms with van der Waals surface area (Å²) >= 11 is 0. The van der Waals surface area contributed by atoms with Crippen molar-refractivity contribution in [1.29, 1.82) is 0 Å². The molecule has 1 aliphatic heterocycles. The Balaban J connectivity index is 2.44. The molecule has 0 saturated carbocycles. The van der Waals surface area contributed by atoms with Gasteiger partial charge in [0.25, 0.3) is 10.2 Å². The molecule has 19 heavy (non-hydrogen) atoms. The van der Waals surface area contributed by atoms with Crippen molar-refractivity contribution in [2.75, 3.05) is 26.2 Å². The Morgan fingerprint density at radius 1 is 1.32 bits per heavy atom. The van der Waals surface area contributed by atoms with Gasteiger partial charge in [-0.05, 0) is 37.5 Å². The standard InChI is InChI=1S/C13H28N2O3S/c1-3-4-13(7-10-16)11-14-19(17,18)15-8-5-12(2)6-9-15/h12-14,16H,3-11H2,1-2H3. The highest BCUT2D eigenvalue weighted by Crippen LogP contribution is 2.18. The first-order valence-corrected chi connectivity index (χ1v) is 8.79. The molecule has 2 N–H and O–H groups in total. The van der Waals surface area contributed by atoms with Gasteiger partial charge < -0.3 is 5.11 Å². The lowest BCUT2D eigenvalue weighted by Crippen LogP contribution is -2.46. The van der Waals surface area contributed by atoms with Crippen LogP contribution in [0.1, 0.15) is 46.0 Å². The molecule has 1 rings (SSSR count). The zero-order valence-corrected chi connectivity index (χ0v) is 13.0. The minimum absolute atomic E-state index is 0.119. The lowest BCUT2D eigenvalue weighted by atomic mass is 10.0. The summed E-state index contributed by atoms with van der Waals surface area (Å²) in [6.07, 6.45) is 4.49. The predicted molar refractivity (Wildman–Crippen MR) is 77.0 cm³/mol. The largest absolute Gasteiger partial charge is 0.396 e. The van der Waals surface area contributed by atoms with Crippen LogP contribution in [-0.2, 0) is 10.2 Å². The van der Waals surface area contributed by atoms with Crippen LogP contribution in [0.3, 0.4) is 0 Å². The van der Waals surface area contributed by atoms with Gasteiger partial charge in [-0.1, -0.05) is 20.3 Å². The smallest absolute Gasteiger partial charge is 0.279 e. The zero-order valence-electron chi connectivity index (χ0n) is 12.1. The van der Waals surface area contributed by atoms with Crippen molar-refractivity contribution in [1.82, 2.24) is 9.03 Å². The summed E-state index contributed by atoms with van der Waals surface area (Å²) in [7, 11) is -3.34. The predicted octanol–water partition coefficient (Wildman–Crippen LogP) is 1.35. The molecule has 1 unspecified atom stereocenters. The number of aliphatic hydroxyl groups is 1. The number of nitrogens with zero attached hydrogens (tertiary/aromatic N) is 1. The topological polar surface area (TPSA) is 69.6 Å². The van der Waals surface area contributed by atoms with Gasteiger partial charge in [-0.2, -0.15) is 12.7 Å². The first-order chi connectivity index (χ1) is 8.99. The van der Waals surface area contributed by atoms with Gasteiger partial charge in [0.05, 0.1) is 0 Å². The minimum atomic E-state index is -3.34. The summed E-state index contributed by atoms with van der Waals surface area (Å²) in [4.78, 5) is 0. The fraction of sp³-hybridized carbons (Fsp3) is 1.00. The van der Waals surface area contributed by atoms with Crippen LogP contribution in [0, 0.1) is 11.8 Å². The van der Waals surface area contributed by atoms with Gasteiger partial charge in [0.2, 0.25) is 0 Å². The molecule has 6 heteroatoms. The van der Waals surface area contributed by atoms with Crippen LogP contribution in [0.15, 0.2) is 0 Å². The molecule has 114 valence electrons. The number of aliphatic hydroxyl groups excluding tert-OH is 1. The molecular formula is C13H28N2O3S. The van der Waals surface area contributed by atoms with Crippen molar-refractivity contribution in [3.8, 4) is 0 Å². The first-order valence-electron chi connectivity index (χ1n) is 7.35. The third kappa shape index (κ3) is 5.77. The molecule has 0 bridgehead atoms. The van der Waals surface area contributed by atoms with E-state index in [-0.39, 0.29) is 12.5 Å². The summed E-state index contributed by atoms with van der Waals surface area (Å²) in [5.74, 6) is 0.849. The summed E-state index contributed by atoms with van der Waals surface area (Å²) in [5.41, 5.74) is 0. The van der Waals surface area contributed by atoms with E-state index < -0.39 is 10.2 Å². The number of piperidine rings is 1. The third-order valence-electron chi connectivity index (χ3n) is 3.87. The van der Waals surface area contributed by atoms with Gasteiger partial charge in [0, 0.05) is 26.2 Å². The van der Waals surface area contributed by atoms with E-state index in [0.29, 0.717) is 32.0 Å². The normalized spacial score (nSPS) is 20.6. The SMILES string of the molecule is CCCC(CCO)CNS(=O)(=O)N1CCC(C)CC1. The molecule has 0 spiro atoms. The second-order valence-corrected chi connectivity index (χ2v) is 7.36. The average Bonchev–Trinajstić information content (AvgIpc) is 2.37. The van der Waals surface area contributed by atoms with Crippen LogP contribution in [0.2, 0.25) is 0 Å². The van der Waals surface area contributed by atoms with Gasteiger partial charge in [-0.3, -0.25) is 0 Å². The highest BCUT2D eigenvalue weighted by molar-refractivity contribution is 7.87. The zero-order chi connectivity index (χ0) is 14.3. The van der Waals surface area contributed by atoms with Gasteiger partial charge in [-0.15, -0.1) is 0 Å². The molecule has 1 atom stereocenters. The van der Waals surface area contributed by atoms with E-state index in [1.807, 2.05) is 0 Å². The second-order valence-electron chi connectivity index (χ2n) is 5.60. The lowest BCUT2D eigenvalue weighted by Gasteiger charge is -2.30. The Morgan fingerprint density at radius 3 is 2.47 bits per heavy atom. The van der Waals surface area contributed by atoms with Crippen LogP contribution >= 0.6 is 0 Å². The molecular weight excluding hydrogens is 264 g/mol. The summed E-state index contributed by atoms with van der Waals surface area (Å²) in [6, 6.07) is 0. The molecule has 1 aliphatic rings. The van der Waals surface area contributed by atoms with Crippen molar-refractivity contribution in [2.45, 2.75) is 46.0 Å². The number of rotatable bonds is 8. The van der Waals surface area contributed by atoms with Gasteiger partial charge in [-0.25, -0.2) is 4.72 Å². The van der Waals surface area contributed by atoms with E-state index >= 15 is 0 Å². The molecule has 1 heterocycles. The maximum atomic E-state index is 12.2. The first kappa shape index (κ1) is 16.9. The minimum Gasteiger partial charge on any atom is -0.396 e. The van der Waals surface area contributed by atoms with Gasteiger partial charge in [0.15, 0.2) is 0 Å². The van der Waals surface area contributed by atoms with E-state index in [1.54, 1.807) is 4.31 Å². The van der Waals surface area contributed by atoms with E-state index in [0.717, 1.165) is 25.7 Å². The Labute approximate surface area is 117 Å². The molecule has 0 amide bonds. The third-order valence-corrected chi connectivity index (χ3v) is 5.45. The highest BCUT2D eigenvalue weighted by atomic mass is 32.2. The summed E-state index contributed by atoms with van der Waals surface area (Å²) < 4.78 is 28.6. The van der Waals surface area contributed by atoms with Crippen LogP contribution in [0.25, 0.3) is 0 Å². The Morgan fingerprint density at radius 2 is 1.95 bits per heavy atom. The average molecular weight is 292 g/mol. The molecule has 1 saturated heterocycles. The van der Waals surface area contributed by atoms with Crippen LogP contribution in [-0.4, -0.2) is 44.1 Å². The lowest BCUT2D eigenvalue weighted by molar-refractivity contribution is 0.249. The maximum absolute atomic E-state index is 12.2. The number of hydrogen-bond donors (Lipinski definition) is 2. The number of nitrogens with one attached hydrogen (secondary N) is 1. The van der Waals surface area contributed by atoms with Gasteiger partial charge >= 0.3 is 0 Å². The monoisotopic (exact) mass is 292 g/mol. The van der Waals surface area contributed by atoms with E-state index in [1.165, 1.54) is 0 Å². The van der Waals surface area contributed by atoms with E-state index in [4.69, 9.17) is 5.11 Å². The van der Waals surface area contributed by atoms with Crippen LogP contribution in [0.4, 0.5) is 0 Å². The molecule has 0 radical (unpaired) electrons. The fourth-order valence-electron chi connectivity index (χ4n) is 2.48. The molecule has 1 fully saturated rings. The van der Waals surface area contributed by atoms with Crippen molar-refractivity contribution in [2.24, 2.45) is 11.8 Å². The van der Waals surface area contributed by atoms with Crippen molar-refractivity contribution < 1.29 is 13.5 Å². The van der Waals surface area contributed by atoms with E-state index in [2.05, 4.69) is 18.6 Å². The molecule has 0 aromatic heterocycles. The molecule has 0 aliphatic carbocycles.